The van der Waals surface area contributed by atoms with Gasteiger partial charge in [-0.05, 0) is 19.4 Å². The molecule has 0 amide bonds. The number of rotatable bonds is 7. The Morgan fingerprint density at radius 3 is 2.42 bits per heavy atom. The standard InChI is InChI=1S/C15H20N2O2/c1-3-18-15(19-4-2)14-16-10-11-17(14)12-13-8-6-5-7-9-13/h5-11,15H,3-4,12H2,1-2H3. The molecule has 0 unspecified atom stereocenters. The smallest absolute Gasteiger partial charge is 0.217 e. The minimum atomic E-state index is -0.395. The molecule has 2 rings (SSSR count). The summed E-state index contributed by atoms with van der Waals surface area (Å²) < 4.78 is 13.3. The van der Waals surface area contributed by atoms with Crippen LogP contribution in [0.2, 0.25) is 0 Å². The maximum atomic E-state index is 5.60. The molecule has 4 heteroatoms. The fraction of sp³-hybridized carbons (Fsp3) is 0.400. The molecule has 1 heterocycles. The van der Waals surface area contributed by atoms with E-state index in [0.29, 0.717) is 13.2 Å². The molecule has 0 fully saturated rings. The van der Waals surface area contributed by atoms with Crippen LogP contribution in [0.5, 0.6) is 0 Å². The first-order valence-electron chi connectivity index (χ1n) is 6.63. The van der Waals surface area contributed by atoms with Gasteiger partial charge in [-0.1, -0.05) is 30.3 Å². The van der Waals surface area contributed by atoms with Crippen LogP contribution in [0.3, 0.4) is 0 Å². The molecule has 1 aromatic carbocycles. The molecule has 0 saturated heterocycles. The molecule has 0 aliphatic heterocycles. The van der Waals surface area contributed by atoms with Crippen molar-refractivity contribution < 1.29 is 9.47 Å². The molecule has 0 saturated carbocycles. The molecule has 0 N–H and O–H groups in total. The zero-order valence-corrected chi connectivity index (χ0v) is 11.5. The Labute approximate surface area is 114 Å². The summed E-state index contributed by atoms with van der Waals surface area (Å²) in [5, 5.41) is 0. The van der Waals surface area contributed by atoms with E-state index in [9.17, 15) is 0 Å². The summed E-state index contributed by atoms with van der Waals surface area (Å²) in [5.74, 6) is 0.813. The molecule has 0 aliphatic rings. The molecule has 0 bridgehead atoms. The van der Waals surface area contributed by atoms with E-state index in [1.165, 1.54) is 5.56 Å². The lowest BCUT2D eigenvalue weighted by atomic mass is 10.2. The van der Waals surface area contributed by atoms with E-state index in [1.54, 1.807) is 6.20 Å². The summed E-state index contributed by atoms with van der Waals surface area (Å²) in [6.45, 7) is 5.88. The van der Waals surface area contributed by atoms with Gasteiger partial charge in [0.25, 0.3) is 0 Å². The molecule has 0 spiro atoms. The molecule has 0 radical (unpaired) electrons. The van der Waals surface area contributed by atoms with Crippen LogP contribution < -0.4 is 0 Å². The minimum Gasteiger partial charge on any atom is -0.346 e. The van der Waals surface area contributed by atoms with Crippen LogP contribution in [-0.4, -0.2) is 22.8 Å². The van der Waals surface area contributed by atoms with E-state index in [4.69, 9.17) is 9.47 Å². The molecular formula is C15H20N2O2. The zero-order chi connectivity index (χ0) is 13.5. The van der Waals surface area contributed by atoms with Gasteiger partial charge < -0.3 is 14.0 Å². The Kier molecular flexibility index (Phi) is 5.12. The Hall–Kier alpha value is -1.65. The second-order valence-electron chi connectivity index (χ2n) is 4.14. The highest BCUT2D eigenvalue weighted by Gasteiger charge is 2.17. The topological polar surface area (TPSA) is 36.3 Å². The first-order valence-corrected chi connectivity index (χ1v) is 6.63. The predicted molar refractivity (Wildman–Crippen MR) is 73.8 cm³/mol. The van der Waals surface area contributed by atoms with Gasteiger partial charge in [0.05, 0.1) is 0 Å². The molecule has 2 aromatic rings. The third-order valence-electron chi connectivity index (χ3n) is 2.79. The van der Waals surface area contributed by atoms with Crippen LogP contribution in [0.1, 0.15) is 31.5 Å². The van der Waals surface area contributed by atoms with E-state index in [2.05, 4.69) is 21.7 Å². The highest BCUT2D eigenvalue weighted by molar-refractivity contribution is 5.16. The third-order valence-corrected chi connectivity index (χ3v) is 2.79. The lowest BCUT2D eigenvalue weighted by Crippen LogP contribution is -2.15. The van der Waals surface area contributed by atoms with Gasteiger partial charge in [0.1, 0.15) is 0 Å². The number of aromatic nitrogens is 2. The van der Waals surface area contributed by atoms with E-state index < -0.39 is 6.29 Å². The lowest BCUT2D eigenvalue weighted by molar-refractivity contribution is -0.146. The summed E-state index contributed by atoms with van der Waals surface area (Å²) in [6, 6.07) is 10.3. The Balaban J connectivity index is 2.16. The number of ether oxygens (including phenoxy) is 2. The van der Waals surface area contributed by atoms with Gasteiger partial charge in [-0.15, -0.1) is 0 Å². The maximum absolute atomic E-state index is 5.60. The van der Waals surface area contributed by atoms with Crippen molar-refractivity contribution in [2.75, 3.05) is 13.2 Å². The third kappa shape index (κ3) is 3.66. The van der Waals surface area contributed by atoms with Crippen LogP contribution in [0.4, 0.5) is 0 Å². The van der Waals surface area contributed by atoms with Crippen molar-refractivity contribution in [3.63, 3.8) is 0 Å². The molecule has 4 nitrogen and oxygen atoms in total. The normalized spacial score (nSPS) is 11.1. The van der Waals surface area contributed by atoms with Gasteiger partial charge in [-0.2, -0.15) is 0 Å². The molecule has 102 valence electrons. The van der Waals surface area contributed by atoms with E-state index in [1.807, 2.05) is 38.2 Å². The molecular weight excluding hydrogens is 240 g/mol. The Morgan fingerprint density at radius 1 is 1.11 bits per heavy atom. The average Bonchev–Trinajstić information content (AvgIpc) is 2.88. The maximum Gasteiger partial charge on any atom is 0.217 e. The molecule has 19 heavy (non-hydrogen) atoms. The molecule has 1 aromatic heterocycles. The van der Waals surface area contributed by atoms with Crippen molar-refractivity contribution in [3.05, 3.63) is 54.1 Å². The summed E-state index contributed by atoms with van der Waals surface area (Å²) in [5.41, 5.74) is 1.23. The van der Waals surface area contributed by atoms with Crippen molar-refractivity contribution in [2.45, 2.75) is 26.7 Å². The Bertz CT molecular complexity index is 476. The minimum absolute atomic E-state index is 0.395. The highest BCUT2D eigenvalue weighted by atomic mass is 16.7. The van der Waals surface area contributed by atoms with Crippen molar-refractivity contribution in [3.8, 4) is 0 Å². The van der Waals surface area contributed by atoms with Crippen molar-refractivity contribution in [1.82, 2.24) is 9.55 Å². The fourth-order valence-corrected chi connectivity index (χ4v) is 1.95. The largest absolute Gasteiger partial charge is 0.346 e. The van der Waals surface area contributed by atoms with Gasteiger partial charge in [-0.25, -0.2) is 4.98 Å². The molecule has 0 aliphatic carbocycles. The quantitative estimate of drug-likeness (QED) is 0.718. The summed E-state index contributed by atoms with van der Waals surface area (Å²) in [6.07, 6.45) is 3.34. The van der Waals surface area contributed by atoms with Crippen LogP contribution >= 0.6 is 0 Å². The van der Waals surface area contributed by atoms with Gasteiger partial charge in [0.15, 0.2) is 5.82 Å². The first-order chi connectivity index (χ1) is 9.35. The van der Waals surface area contributed by atoms with Crippen LogP contribution in [0.25, 0.3) is 0 Å². The van der Waals surface area contributed by atoms with Crippen LogP contribution in [0.15, 0.2) is 42.7 Å². The summed E-state index contributed by atoms with van der Waals surface area (Å²) in [4.78, 5) is 4.36. The van der Waals surface area contributed by atoms with Crippen LogP contribution in [-0.2, 0) is 16.0 Å². The Morgan fingerprint density at radius 2 is 1.79 bits per heavy atom. The van der Waals surface area contributed by atoms with Gasteiger partial charge in [0.2, 0.25) is 6.29 Å². The SMILES string of the molecule is CCOC(OCC)c1nccn1Cc1ccccc1. The number of nitrogens with zero attached hydrogens (tertiary/aromatic N) is 2. The fourth-order valence-electron chi connectivity index (χ4n) is 1.95. The second-order valence-corrected chi connectivity index (χ2v) is 4.14. The number of benzene rings is 1. The highest BCUT2D eigenvalue weighted by Crippen LogP contribution is 2.18. The predicted octanol–water partition coefficient (Wildman–Crippen LogP) is 3.00. The summed E-state index contributed by atoms with van der Waals surface area (Å²) in [7, 11) is 0. The van der Waals surface area contributed by atoms with Crippen molar-refractivity contribution in [1.29, 1.82) is 0 Å². The van der Waals surface area contributed by atoms with Gasteiger partial charge >= 0.3 is 0 Å². The van der Waals surface area contributed by atoms with E-state index in [0.717, 1.165) is 12.4 Å². The zero-order valence-electron chi connectivity index (χ0n) is 11.5. The average molecular weight is 260 g/mol. The van der Waals surface area contributed by atoms with Crippen LogP contribution in [0, 0.1) is 0 Å². The second kappa shape index (κ2) is 7.07. The number of hydrogen-bond donors (Lipinski definition) is 0. The first kappa shape index (κ1) is 13.8. The summed E-state index contributed by atoms with van der Waals surface area (Å²) >= 11 is 0. The van der Waals surface area contributed by atoms with Crippen molar-refractivity contribution in [2.24, 2.45) is 0 Å². The molecule has 0 atom stereocenters. The van der Waals surface area contributed by atoms with Crippen molar-refractivity contribution >= 4 is 0 Å². The lowest BCUT2D eigenvalue weighted by Gasteiger charge is -2.18. The van der Waals surface area contributed by atoms with E-state index in [-0.39, 0.29) is 0 Å². The number of imidazole rings is 1. The number of hydrogen-bond acceptors (Lipinski definition) is 3. The van der Waals surface area contributed by atoms with E-state index >= 15 is 0 Å². The van der Waals surface area contributed by atoms with Gasteiger partial charge in [0, 0.05) is 32.2 Å². The monoisotopic (exact) mass is 260 g/mol. The van der Waals surface area contributed by atoms with Gasteiger partial charge in [-0.3, -0.25) is 0 Å².